The van der Waals surface area contributed by atoms with Crippen molar-refractivity contribution < 1.29 is 29.3 Å². The number of carboxylic acid groups (broad SMARTS) is 2. The molecule has 0 radical (unpaired) electrons. The van der Waals surface area contributed by atoms with Gasteiger partial charge in [-0.1, -0.05) is 6.07 Å². The molecule has 12 heteroatoms. The maximum absolute atomic E-state index is 12.1. The predicted molar refractivity (Wildman–Crippen MR) is 118 cm³/mol. The van der Waals surface area contributed by atoms with Gasteiger partial charge in [-0.2, -0.15) is 0 Å². The van der Waals surface area contributed by atoms with E-state index in [1.807, 2.05) is 0 Å². The number of nitrogens with one attached hydrogen (secondary N) is 2. The molecule has 0 saturated heterocycles. The molecule has 0 aliphatic carbocycles. The van der Waals surface area contributed by atoms with E-state index in [4.69, 9.17) is 14.9 Å². The molecule has 0 saturated carbocycles. The van der Waals surface area contributed by atoms with Crippen molar-refractivity contribution in [3.63, 3.8) is 0 Å². The third kappa shape index (κ3) is 4.60. The zero-order chi connectivity index (χ0) is 24.4. The van der Waals surface area contributed by atoms with Crippen LogP contribution >= 0.6 is 0 Å². The van der Waals surface area contributed by atoms with Crippen LogP contribution in [0.3, 0.4) is 0 Å². The number of ether oxygens (including phenoxy) is 1. The van der Waals surface area contributed by atoms with Crippen molar-refractivity contribution in [1.29, 1.82) is 0 Å². The van der Waals surface area contributed by atoms with Crippen molar-refractivity contribution in [2.75, 3.05) is 5.32 Å². The molecule has 1 amide bonds. The molecule has 0 fully saturated rings. The van der Waals surface area contributed by atoms with Crippen LogP contribution in [0.5, 0.6) is 0 Å². The zero-order valence-corrected chi connectivity index (χ0v) is 17.6. The summed E-state index contributed by atoms with van der Waals surface area (Å²) in [6, 6.07) is 9.01. The predicted octanol–water partition coefficient (Wildman–Crippen LogP) is 2.56. The third-order valence-corrected chi connectivity index (χ3v) is 4.83. The van der Waals surface area contributed by atoms with Gasteiger partial charge in [0.1, 0.15) is 6.61 Å². The Morgan fingerprint density at radius 2 is 1.94 bits per heavy atom. The lowest BCUT2D eigenvalue weighted by molar-refractivity contribution is 0.0681. The first-order valence-corrected chi connectivity index (χ1v) is 9.79. The largest absolute Gasteiger partial charge is 0.478 e. The molecule has 4 rings (SSSR count). The number of carbonyl (C=O) groups is 3. The number of benzene rings is 2. The normalized spacial score (nSPS) is 10.7. The average molecular weight is 463 g/mol. The summed E-state index contributed by atoms with van der Waals surface area (Å²) in [6.45, 7) is 1.64. The van der Waals surface area contributed by atoms with E-state index in [1.165, 1.54) is 30.6 Å². The molecule has 12 nitrogen and oxygen atoms in total. The number of carbonyl (C=O) groups excluding carboxylic acids is 1. The Morgan fingerprint density at radius 3 is 2.68 bits per heavy atom. The highest BCUT2D eigenvalue weighted by molar-refractivity contribution is 5.91. The van der Waals surface area contributed by atoms with Crippen LogP contribution in [0.2, 0.25) is 0 Å². The second-order valence-corrected chi connectivity index (χ2v) is 7.23. The number of anilines is 1. The second-order valence-electron chi connectivity index (χ2n) is 7.23. The molecule has 2 heterocycles. The standard InChI is InChI=1S/C22H17N5O7/c1-11-5-15-16(25-18(21(31)32)19(28)26-15)7-17(11)27-8-14(23-10-27)9-34-22(33)24-13-4-2-3-12(6-13)20(29)30/h2-8,10H,9H2,1H3,(H,24,33)(H,26,28)(H,29,30)(H,31,32). The van der Waals surface area contributed by atoms with Crippen LogP contribution in [-0.4, -0.2) is 47.8 Å². The van der Waals surface area contributed by atoms with Gasteiger partial charge in [0, 0.05) is 11.9 Å². The summed E-state index contributed by atoms with van der Waals surface area (Å²) in [5.41, 5.74) is 1.39. The molecule has 4 N–H and O–H groups in total. The van der Waals surface area contributed by atoms with Crippen LogP contribution < -0.4 is 10.9 Å². The number of aromatic amines is 1. The monoisotopic (exact) mass is 463 g/mol. The number of hydrogen-bond donors (Lipinski definition) is 4. The number of aromatic nitrogens is 4. The second kappa shape index (κ2) is 8.86. The van der Waals surface area contributed by atoms with E-state index in [2.05, 4.69) is 20.3 Å². The van der Waals surface area contributed by atoms with Gasteiger partial charge in [-0.3, -0.25) is 10.1 Å². The van der Waals surface area contributed by atoms with Gasteiger partial charge >= 0.3 is 18.0 Å². The first-order valence-electron chi connectivity index (χ1n) is 9.79. The minimum absolute atomic E-state index is 0.0244. The highest BCUT2D eigenvalue weighted by Crippen LogP contribution is 2.20. The first kappa shape index (κ1) is 22.2. The summed E-state index contributed by atoms with van der Waals surface area (Å²) >= 11 is 0. The molecule has 2 aromatic carbocycles. The number of fused-ring (bicyclic) bond motifs is 1. The molecular formula is C22H17N5O7. The average Bonchev–Trinajstić information content (AvgIpc) is 3.25. The quantitative estimate of drug-likeness (QED) is 0.335. The summed E-state index contributed by atoms with van der Waals surface area (Å²) in [5.74, 6) is -2.55. The Morgan fingerprint density at radius 1 is 1.15 bits per heavy atom. The first-order chi connectivity index (χ1) is 16.2. The van der Waals surface area contributed by atoms with E-state index in [1.54, 1.807) is 29.8 Å². The van der Waals surface area contributed by atoms with Gasteiger partial charge in [-0.05, 0) is 42.8 Å². The maximum Gasteiger partial charge on any atom is 0.412 e. The Bertz CT molecular complexity index is 1510. The van der Waals surface area contributed by atoms with Crippen LogP contribution in [-0.2, 0) is 11.3 Å². The Balaban J connectivity index is 1.49. The maximum atomic E-state index is 12.1. The number of aromatic carboxylic acids is 2. The lowest BCUT2D eigenvalue weighted by Gasteiger charge is -2.09. The van der Waals surface area contributed by atoms with Crippen LogP contribution in [0, 0.1) is 6.92 Å². The van der Waals surface area contributed by atoms with Crippen molar-refractivity contribution in [2.24, 2.45) is 0 Å². The van der Waals surface area contributed by atoms with Gasteiger partial charge in [0.25, 0.3) is 5.56 Å². The van der Waals surface area contributed by atoms with Crippen molar-refractivity contribution in [2.45, 2.75) is 13.5 Å². The molecule has 0 aliphatic heterocycles. The van der Waals surface area contributed by atoms with Crippen LogP contribution in [0.1, 0.15) is 32.1 Å². The van der Waals surface area contributed by atoms with Gasteiger partial charge in [0.05, 0.1) is 34.3 Å². The molecule has 34 heavy (non-hydrogen) atoms. The molecule has 0 unspecified atom stereocenters. The number of amides is 1. The van der Waals surface area contributed by atoms with Crippen molar-refractivity contribution in [3.8, 4) is 5.69 Å². The smallest absolute Gasteiger partial charge is 0.412 e. The summed E-state index contributed by atoms with van der Waals surface area (Å²) in [7, 11) is 0. The highest BCUT2D eigenvalue weighted by atomic mass is 16.5. The summed E-state index contributed by atoms with van der Waals surface area (Å²) in [6.07, 6.45) is 2.33. The molecule has 0 atom stereocenters. The lowest BCUT2D eigenvalue weighted by Crippen LogP contribution is -2.20. The van der Waals surface area contributed by atoms with Gasteiger partial charge in [-0.15, -0.1) is 0 Å². The Labute approximate surface area is 190 Å². The Kier molecular flexibility index (Phi) is 5.79. The van der Waals surface area contributed by atoms with Gasteiger partial charge in [0.15, 0.2) is 0 Å². The van der Waals surface area contributed by atoms with E-state index < -0.39 is 29.3 Å². The number of nitrogens with zero attached hydrogens (tertiary/aromatic N) is 3. The molecule has 0 spiro atoms. The molecular weight excluding hydrogens is 446 g/mol. The topological polar surface area (TPSA) is 176 Å². The van der Waals surface area contributed by atoms with E-state index in [0.717, 1.165) is 5.56 Å². The van der Waals surface area contributed by atoms with Gasteiger partial charge in [0.2, 0.25) is 5.69 Å². The van der Waals surface area contributed by atoms with Crippen molar-refractivity contribution in [3.05, 3.63) is 81.8 Å². The van der Waals surface area contributed by atoms with Crippen LogP contribution in [0.15, 0.2) is 53.7 Å². The summed E-state index contributed by atoms with van der Waals surface area (Å²) < 4.78 is 6.79. The molecule has 2 aromatic heterocycles. The number of hydrogen-bond acceptors (Lipinski definition) is 7. The van der Waals surface area contributed by atoms with Crippen LogP contribution in [0.25, 0.3) is 16.7 Å². The number of aryl methyl sites for hydroxylation is 1. The highest BCUT2D eigenvalue weighted by Gasteiger charge is 2.14. The van der Waals surface area contributed by atoms with E-state index >= 15 is 0 Å². The fraction of sp³-hybridized carbons (Fsp3) is 0.0909. The zero-order valence-electron chi connectivity index (χ0n) is 17.6. The molecule has 0 aliphatic rings. The number of rotatable bonds is 6. The van der Waals surface area contributed by atoms with E-state index in [-0.39, 0.29) is 23.4 Å². The summed E-state index contributed by atoms with van der Waals surface area (Å²) in [4.78, 5) is 56.8. The van der Waals surface area contributed by atoms with Gasteiger partial charge < -0.3 is 24.5 Å². The lowest BCUT2D eigenvalue weighted by atomic mass is 10.1. The molecule has 0 bridgehead atoms. The Hall–Kier alpha value is -5.00. The fourth-order valence-electron chi connectivity index (χ4n) is 3.25. The minimum Gasteiger partial charge on any atom is -0.478 e. The fourth-order valence-corrected chi connectivity index (χ4v) is 3.25. The SMILES string of the molecule is Cc1cc2[nH]c(=O)c(C(=O)O)nc2cc1-n1cnc(COC(=O)Nc2cccc(C(=O)O)c2)c1. The minimum atomic E-state index is -1.43. The van der Waals surface area contributed by atoms with Crippen molar-refractivity contribution in [1.82, 2.24) is 19.5 Å². The van der Waals surface area contributed by atoms with Crippen molar-refractivity contribution >= 4 is 34.8 Å². The van der Waals surface area contributed by atoms with E-state index in [9.17, 15) is 19.2 Å². The number of carboxylic acids is 2. The van der Waals surface area contributed by atoms with Gasteiger partial charge in [-0.25, -0.2) is 24.4 Å². The van der Waals surface area contributed by atoms with Crippen LogP contribution in [0.4, 0.5) is 10.5 Å². The molecule has 172 valence electrons. The molecule has 4 aromatic rings. The third-order valence-electron chi connectivity index (χ3n) is 4.83. The summed E-state index contributed by atoms with van der Waals surface area (Å²) in [5, 5.41) is 20.6. The number of imidazole rings is 1. The number of H-pyrrole nitrogens is 1. The van der Waals surface area contributed by atoms with E-state index in [0.29, 0.717) is 16.9 Å².